The molecule has 1 fully saturated rings. The van der Waals surface area contributed by atoms with Crippen molar-refractivity contribution < 1.29 is 14.3 Å². The van der Waals surface area contributed by atoms with Crippen molar-refractivity contribution in [2.45, 2.75) is 32.7 Å². The fourth-order valence-electron chi connectivity index (χ4n) is 2.57. The Bertz CT molecular complexity index is 528. The summed E-state index contributed by atoms with van der Waals surface area (Å²) in [5.41, 5.74) is 7.74. The molecule has 1 saturated heterocycles. The molecule has 20 heavy (non-hydrogen) atoms. The zero-order valence-corrected chi connectivity index (χ0v) is 11.9. The van der Waals surface area contributed by atoms with Gasteiger partial charge in [0, 0.05) is 17.8 Å². The molecule has 0 radical (unpaired) electrons. The lowest BCUT2D eigenvalue weighted by Crippen LogP contribution is -2.41. The van der Waals surface area contributed by atoms with E-state index in [1.54, 1.807) is 30.0 Å². The van der Waals surface area contributed by atoms with Gasteiger partial charge in [-0.3, -0.25) is 4.79 Å². The monoisotopic (exact) mass is 276 g/mol. The molecule has 1 aromatic carbocycles. The molecule has 1 heterocycles. The SMILES string of the molecule is CCOC(=O)C1CCCN1C(=O)c1ccc(N)cc1C. The van der Waals surface area contributed by atoms with Gasteiger partial charge < -0.3 is 15.4 Å². The molecule has 2 rings (SSSR count). The Labute approximate surface area is 118 Å². The van der Waals surface area contributed by atoms with Crippen LogP contribution in [0.25, 0.3) is 0 Å². The van der Waals surface area contributed by atoms with Crippen molar-refractivity contribution in [3.8, 4) is 0 Å². The molecule has 0 aliphatic carbocycles. The van der Waals surface area contributed by atoms with Crippen molar-refractivity contribution in [2.75, 3.05) is 18.9 Å². The van der Waals surface area contributed by atoms with E-state index in [0.29, 0.717) is 30.8 Å². The van der Waals surface area contributed by atoms with Crippen LogP contribution >= 0.6 is 0 Å². The molecule has 1 amide bonds. The van der Waals surface area contributed by atoms with Gasteiger partial charge in [-0.15, -0.1) is 0 Å². The molecule has 5 nitrogen and oxygen atoms in total. The summed E-state index contributed by atoms with van der Waals surface area (Å²) in [7, 11) is 0. The smallest absolute Gasteiger partial charge is 0.328 e. The Morgan fingerprint density at radius 3 is 2.85 bits per heavy atom. The van der Waals surface area contributed by atoms with Crippen molar-refractivity contribution in [1.29, 1.82) is 0 Å². The molecule has 1 atom stereocenters. The minimum absolute atomic E-state index is 0.127. The third kappa shape index (κ3) is 2.76. The van der Waals surface area contributed by atoms with Gasteiger partial charge in [-0.2, -0.15) is 0 Å². The van der Waals surface area contributed by atoms with Gasteiger partial charge in [0.05, 0.1) is 6.61 Å². The molecule has 0 spiro atoms. The number of hydrogen-bond acceptors (Lipinski definition) is 4. The fourth-order valence-corrected chi connectivity index (χ4v) is 2.57. The zero-order chi connectivity index (χ0) is 14.7. The minimum Gasteiger partial charge on any atom is -0.464 e. The number of likely N-dealkylation sites (tertiary alicyclic amines) is 1. The molecule has 1 aliphatic rings. The van der Waals surface area contributed by atoms with Gasteiger partial charge in [-0.1, -0.05) is 0 Å². The van der Waals surface area contributed by atoms with Gasteiger partial charge in [0.25, 0.3) is 5.91 Å². The van der Waals surface area contributed by atoms with Gasteiger partial charge in [0.2, 0.25) is 0 Å². The summed E-state index contributed by atoms with van der Waals surface area (Å²) in [6.45, 7) is 4.53. The Morgan fingerprint density at radius 1 is 1.45 bits per heavy atom. The van der Waals surface area contributed by atoms with Crippen LogP contribution in [0.2, 0.25) is 0 Å². The second kappa shape index (κ2) is 5.94. The molecule has 0 aromatic heterocycles. The third-order valence-corrected chi connectivity index (χ3v) is 3.55. The number of carbonyl (C=O) groups is 2. The number of aryl methyl sites for hydroxylation is 1. The normalized spacial score (nSPS) is 18.1. The zero-order valence-electron chi connectivity index (χ0n) is 11.9. The Kier molecular flexibility index (Phi) is 4.27. The summed E-state index contributed by atoms with van der Waals surface area (Å²) >= 11 is 0. The van der Waals surface area contributed by atoms with E-state index in [1.807, 2.05) is 6.92 Å². The van der Waals surface area contributed by atoms with E-state index in [-0.39, 0.29) is 11.9 Å². The predicted molar refractivity (Wildman–Crippen MR) is 76.3 cm³/mol. The lowest BCUT2D eigenvalue weighted by molar-refractivity contribution is -0.147. The van der Waals surface area contributed by atoms with E-state index < -0.39 is 6.04 Å². The van der Waals surface area contributed by atoms with Crippen molar-refractivity contribution in [3.05, 3.63) is 29.3 Å². The highest BCUT2D eigenvalue weighted by atomic mass is 16.5. The van der Waals surface area contributed by atoms with Crippen LogP contribution in [-0.2, 0) is 9.53 Å². The molecule has 108 valence electrons. The summed E-state index contributed by atoms with van der Waals surface area (Å²) in [5.74, 6) is -0.440. The first-order valence-corrected chi connectivity index (χ1v) is 6.88. The van der Waals surface area contributed by atoms with Crippen LogP contribution in [0.3, 0.4) is 0 Å². The number of nitrogens with zero attached hydrogens (tertiary/aromatic N) is 1. The van der Waals surface area contributed by atoms with Crippen LogP contribution in [0, 0.1) is 6.92 Å². The van der Waals surface area contributed by atoms with Gasteiger partial charge >= 0.3 is 5.97 Å². The molecule has 0 bridgehead atoms. The van der Waals surface area contributed by atoms with Crippen molar-refractivity contribution in [1.82, 2.24) is 4.90 Å². The number of anilines is 1. The van der Waals surface area contributed by atoms with E-state index in [2.05, 4.69) is 0 Å². The first-order chi connectivity index (χ1) is 9.54. The maximum absolute atomic E-state index is 12.6. The van der Waals surface area contributed by atoms with E-state index in [4.69, 9.17) is 10.5 Å². The Hall–Kier alpha value is -2.04. The highest BCUT2D eigenvalue weighted by molar-refractivity contribution is 5.98. The number of ether oxygens (including phenoxy) is 1. The minimum atomic E-state index is -0.459. The molecule has 1 unspecified atom stereocenters. The summed E-state index contributed by atoms with van der Waals surface area (Å²) in [4.78, 5) is 26.1. The second-order valence-corrected chi connectivity index (χ2v) is 4.98. The molecule has 5 heteroatoms. The van der Waals surface area contributed by atoms with Gasteiger partial charge in [-0.05, 0) is 50.5 Å². The van der Waals surface area contributed by atoms with E-state index >= 15 is 0 Å². The molecular weight excluding hydrogens is 256 g/mol. The Balaban J connectivity index is 2.21. The fraction of sp³-hybridized carbons (Fsp3) is 0.467. The maximum atomic E-state index is 12.6. The molecule has 1 aromatic rings. The van der Waals surface area contributed by atoms with Gasteiger partial charge in [0.15, 0.2) is 0 Å². The predicted octanol–water partition coefficient (Wildman–Crippen LogP) is 1.74. The molecule has 1 aliphatic heterocycles. The van der Waals surface area contributed by atoms with E-state index in [1.165, 1.54) is 0 Å². The highest BCUT2D eigenvalue weighted by Gasteiger charge is 2.35. The number of nitrogens with two attached hydrogens (primary N) is 1. The molecular formula is C15H20N2O3. The van der Waals surface area contributed by atoms with Crippen LogP contribution < -0.4 is 5.73 Å². The van der Waals surface area contributed by atoms with Crippen molar-refractivity contribution in [3.63, 3.8) is 0 Å². The van der Waals surface area contributed by atoms with Crippen LogP contribution in [0.1, 0.15) is 35.7 Å². The summed E-state index contributed by atoms with van der Waals surface area (Å²) < 4.78 is 5.04. The number of rotatable bonds is 3. The van der Waals surface area contributed by atoms with Crippen molar-refractivity contribution in [2.24, 2.45) is 0 Å². The standard InChI is InChI=1S/C15H20N2O3/c1-3-20-15(19)13-5-4-8-17(13)14(18)12-7-6-11(16)9-10(12)2/h6-7,9,13H,3-5,8,16H2,1-2H3. The number of esters is 1. The van der Waals surface area contributed by atoms with Crippen LogP contribution in [0.4, 0.5) is 5.69 Å². The van der Waals surface area contributed by atoms with E-state index in [0.717, 1.165) is 12.0 Å². The number of amides is 1. The van der Waals surface area contributed by atoms with Gasteiger partial charge in [-0.25, -0.2) is 4.79 Å². The summed E-state index contributed by atoms with van der Waals surface area (Å²) in [5, 5.41) is 0. The van der Waals surface area contributed by atoms with E-state index in [9.17, 15) is 9.59 Å². The average molecular weight is 276 g/mol. The average Bonchev–Trinajstić information content (AvgIpc) is 2.87. The van der Waals surface area contributed by atoms with Crippen LogP contribution in [-0.4, -0.2) is 36.0 Å². The van der Waals surface area contributed by atoms with Crippen molar-refractivity contribution >= 4 is 17.6 Å². The summed E-state index contributed by atoms with van der Waals surface area (Å²) in [6.07, 6.45) is 1.49. The van der Waals surface area contributed by atoms with Crippen LogP contribution in [0.15, 0.2) is 18.2 Å². The Morgan fingerprint density at radius 2 is 2.20 bits per heavy atom. The first kappa shape index (κ1) is 14.4. The third-order valence-electron chi connectivity index (χ3n) is 3.55. The molecule has 2 N–H and O–H groups in total. The number of carbonyl (C=O) groups excluding carboxylic acids is 2. The van der Waals surface area contributed by atoms with Crippen LogP contribution in [0.5, 0.6) is 0 Å². The van der Waals surface area contributed by atoms with Gasteiger partial charge in [0.1, 0.15) is 6.04 Å². The lowest BCUT2D eigenvalue weighted by Gasteiger charge is -2.24. The topological polar surface area (TPSA) is 72.6 Å². The summed E-state index contributed by atoms with van der Waals surface area (Å²) in [6, 6.07) is 4.73. The largest absolute Gasteiger partial charge is 0.464 e. The number of nitrogen functional groups attached to an aromatic ring is 1. The lowest BCUT2D eigenvalue weighted by atomic mass is 10.1. The number of benzene rings is 1. The second-order valence-electron chi connectivity index (χ2n) is 4.98. The maximum Gasteiger partial charge on any atom is 0.328 e. The quantitative estimate of drug-likeness (QED) is 0.674. The molecule has 0 saturated carbocycles. The first-order valence-electron chi connectivity index (χ1n) is 6.88. The highest BCUT2D eigenvalue weighted by Crippen LogP contribution is 2.23. The number of hydrogen-bond donors (Lipinski definition) is 1.